The predicted octanol–water partition coefficient (Wildman–Crippen LogP) is 6.63. The fourth-order valence-electron chi connectivity index (χ4n) is 4.13. The van der Waals surface area contributed by atoms with Gasteiger partial charge in [-0.3, -0.25) is 0 Å². The lowest BCUT2D eigenvalue weighted by Gasteiger charge is -2.32. The largest absolute Gasteiger partial charge is 0.418 e. The molecule has 0 aromatic heterocycles. The molecule has 3 atom stereocenters. The Bertz CT molecular complexity index is 614. The van der Waals surface area contributed by atoms with Gasteiger partial charge in [-0.25, -0.2) is 8.78 Å². The molecule has 2 unspecified atom stereocenters. The van der Waals surface area contributed by atoms with Gasteiger partial charge >= 0.3 is 6.18 Å². The number of alkyl halides is 4. The molecule has 0 radical (unpaired) electrons. The van der Waals surface area contributed by atoms with Crippen LogP contribution in [0.5, 0.6) is 0 Å². The van der Waals surface area contributed by atoms with Crippen molar-refractivity contribution in [3.8, 4) is 0 Å². The Morgan fingerprint density at radius 1 is 1.00 bits per heavy atom. The van der Waals surface area contributed by atoms with Crippen molar-refractivity contribution in [2.24, 2.45) is 23.7 Å². The van der Waals surface area contributed by atoms with E-state index in [1.165, 1.54) is 6.08 Å². The van der Waals surface area contributed by atoms with Gasteiger partial charge in [-0.05, 0) is 42.2 Å². The van der Waals surface area contributed by atoms with Crippen LogP contribution in [0.1, 0.15) is 39.0 Å². The second kappa shape index (κ2) is 7.08. The van der Waals surface area contributed by atoms with Crippen LogP contribution in [0.25, 0.3) is 0 Å². The summed E-state index contributed by atoms with van der Waals surface area (Å²) in [5.74, 6) is -1.31. The minimum atomic E-state index is -4.70. The Balaban J connectivity index is 1.66. The van der Waals surface area contributed by atoms with Crippen LogP contribution < -0.4 is 0 Å². The average molecular weight is 358 g/mol. The van der Waals surface area contributed by atoms with Gasteiger partial charge in [0.05, 0.1) is 5.57 Å². The summed E-state index contributed by atoms with van der Waals surface area (Å²) in [6.45, 7) is 2.22. The zero-order valence-corrected chi connectivity index (χ0v) is 14.2. The summed E-state index contributed by atoms with van der Waals surface area (Å²) in [4.78, 5) is 0. The standard InChI is InChI=1S/C20H23F5/c1-12-2-4-13(5-3-12)14-6-8-16(18(21)10-14)15-7-9-17(19(22)11-15)20(23,24)25/h6-10,12-13,15-16,18H,2-5,11H2,1H3/t12?,13?,15-,16?,18?/m1/s1. The van der Waals surface area contributed by atoms with E-state index in [2.05, 4.69) is 6.92 Å². The second-order valence-corrected chi connectivity index (χ2v) is 7.55. The SMILES string of the molecule is CC1CCC(C2=CC(F)C([C@@H]3C=CC(C(F)(F)F)=C(F)C3)C=C2)CC1. The van der Waals surface area contributed by atoms with E-state index in [0.717, 1.165) is 37.3 Å². The first-order chi connectivity index (χ1) is 11.8. The van der Waals surface area contributed by atoms with E-state index in [0.29, 0.717) is 11.8 Å². The molecule has 0 bridgehead atoms. The van der Waals surface area contributed by atoms with Gasteiger partial charge in [0.15, 0.2) is 0 Å². The highest BCUT2D eigenvalue weighted by atomic mass is 19.4. The zero-order chi connectivity index (χ0) is 18.2. The van der Waals surface area contributed by atoms with E-state index in [1.54, 1.807) is 12.2 Å². The van der Waals surface area contributed by atoms with E-state index >= 15 is 0 Å². The minimum Gasteiger partial charge on any atom is -0.242 e. The Morgan fingerprint density at radius 2 is 1.68 bits per heavy atom. The van der Waals surface area contributed by atoms with Gasteiger partial charge < -0.3 is 0 Å². The third kappa shape index (κ3) is 4.06. The van der Waals surface area contributed by atoms with Crippen molar-refractivity contribution in [2.45, 2.75) is 51.4 Å². The molecule has 138 valence electrons. The molecule has 1 saturated carbocycles. The van der Waals surface area contributed by atoms with Crippen LogP contribution in [0.2, 0.25) is 0 Å². The summed E-state index contributed by atoms with van der Waals surface area (Å²) in [5, 5.41) is 0. The Labute approximate surface area is 145 Å². The molecule has 0 heterocycles. The third-order valence-electron chi connectivity index (χ3n) is 5.73. The molecule has 0 aromatic carbocycles. The molecule has 3 rings (SSSR count). The molecule has 0 nitrogen and oxygen atoms in total. The molecule has 0 spiro atoms. The van der Waals surface area contributed by atoms with Crippen molar-refractivity contribution >= 4 is 0 Å². The van der Waals surface area contributed by atoms with Crippen LogP contribution in [0.15, 0.2) is 47.4 Å². The Hall–Kier alpha value is -1.39. The molecule has 0 amide bonds. The highest BCUT2D eigenvalue weighted by Crippen LogP contribution is 2.42. The second-order valence-electron chi connectivity index (χ2n) is 7.55. The first-order valence-electron chi connectivity index (χ1n) is 8.93. The van der Waals surface area contributed by atoms with Crippen molar-refractivity contribution in [3.05, 3.63) is 47.4 Å². The van der Waals surface area contributed by atoms with Crippen molar-refractivity contribution < 1.29 is 22.0 Å². The maximum Gasteiger partial charge on any atom is 0.418 e. The fourth-order valence-corrected chi connectivity index (χ4v) is 4.13. The number of halogens is 5. The van der Waals surface area contributed by atoms with Crippen LogP contribution in [-0.2, 0) is 0 Å². The number of hydrogen-bond acceptors (Lipinski definition) is 0. The normalized spacial score (nSPS) is 36.6. The van der Waals surface area contributed by atoms with E-state index in [-0.39, 0.29) is 0 Å². The van der Waals surface area contributed by atoms with Crippen LogP contribution in [0, 0.1) is 23.7 Å². The smallest absolute Gasteiger partial charge is 0.242 e. The van der Waals surface area contributed by atoms with Crippen molar-refractivity contribution in [2.75, 3.05) is 0 Å². The quantitative estimate of drug-likeness (QED) is 0.486. The molecule has 5 heteroatoms. The van der Waals surface area contributed by atoms with Crippen LogP contribution in [0.3, 0.4) is 0 Å². The lowest BCUT2D eigenvalue weighted by atomic mass is 9.74. The zero-order valence-electron chi connectivity index (χ0n) is 14.2. The van der Waals surface area contributed by atoms with Gasteiger partial charge in [0.2, 0.25) is 0 Å². The molecular weight excluding hydrogens is 335 g/mol. The topological polar surface area (TPSA) is 0 Å². The van der Waals surface area contributed by atoms with Gasteiger partial charge in [-0.15, -0.1) is 0 Å². The average Bonchev–Trinajstić information content (AvgIpc) is 2.54. The van der Waals surface area contributed by atoms with E-state index in [9.17, 15) is 22.0 Å². The minimum absolute atomic E-state index is 0.363. The molecular formula is C20H23F5. The van der Waals surface area contributed by atoms with Crippen molar-refractivity contribution in [3.63, 3.8) is 0 Å². The molecule has 0 aliphatic heterocycles. The van der Waals surface area contributed by atoms with E-state index in [4.69, 9.17) is 0 Å². The Morgan fingerprint density at radius 3 is 2.24 bits per heavy atom. The predicted molar refractivity (Wildman–Crippen MR) is 88.2 cm³/mol. The van der Waals surface area contributed by atoms with Gasteiger partial charge in [-0.1, -0.05) is 44.1 Å². The maximum absolute atomic E-state index is 14.7. The monoisotopic (exact) mass is 358 g/mol. The number of rotatable bonds is 2. The summed E-state index contributed by atoms with van der Waals surface area (Å²) in [6, 6.07) is 0. The van der Waals surface area contributed by atoms with Crippen molar-refractivity contribution in [1.29, 1.82) is 0 Å². The fraction of sp³-hybridized carbons (Fsp3) is 0.600. The third-order valence-corrected chi connectivity index (χ3v) is 5.73. The summed E-state index contributed by atoms with van der Waals surface area (Å²) >= 11 is 0. The maximum atomic E-state index is 14.7. The van der Waals surface area contributed by atoms with Crippen molar-refractivity contribution in [1.82, 2.24) is 0 Å². The first-order valence-corrected chi connectivity index (χ1v) is 8.93. The van der Waals surface area contributed by atoms with Crippen LogP contribution in [0.4, 0.5) is 22.0 Å². The Kier molecular flexibility index (Phi) is 5.21. The van der Waals surface area contributed by atoms with Gasteiger partial charge in [0.25, 0.3) is 0 Å². The number of hydrogen-bond donors (Lipinski definition) is 0. The molecule has 0 N–H and O–H groups in total. The summed E-state index contributed by atoms with van der Waals surface area (Å²) in [6.07, 6.45) is 5.26. The van der Waals surface area contributed by atoms with Gasteiger partial charge in [-0.2, -0.15) is 13.2 Å². The molecule has 25 heavy (non-hydrogen) atoms. The van der Waals surface area contributed by atoms with Crippen LogP contribution >= 0.6 is 0 Å². The first kappa shape index (κ1) is 18.4. The van der Waals surface area contributed by atoms with Crippen LogP contribution in [-0.4, -0.2) is 12.3 Å². The van der Waals surface area contributed by atoms with E-state index < -0.39 is 42.0 Å². The van der Waals surface area contributed by atoms with Gasteiger partial charge in [0, 0.05) is 12.3 Å². The summed E-state index contributed by atoms with van der Waals surface area (Å²) < 4.78 is 66.5. The summed E-state index contributed by atoms with van der Waals surface area (Å²) in [7, 11) is 0. The molecule has 3 aliphatic rings. The lowest BCUT2D eigenvalue weighted by molar-refractivity contribution is -0.0907. The molecule has 0 saturated heterocycles. The number of allylic oxidation sites excluding steroid dienone is 8. The molecule has 0 aromatic rings. The van der Waals surface area contributed by atoms with E-state index in [1.807, 2.05) is 6.08 Å². The highest BCUT2D eigenvalue weighted by Gasteiger charge is 2.39. The summed E-state index contributed by atoms with van der Waals surface area (Å²) in [5.41, 5.74) is -0.256. The molecule has 3 aliphatic carbocycles. The lowest BCUT2D eigenvalue weighted by Crippen LogP contribution is -2.27. The van der Waals surface area contributed by atoms with Gasteiger partial charge in [0.1, 0.15) is 12.0 Å². The molecule has 1 fully saturated rings. The highest BCUT2D eigenvalue weighted by molar-refractivity contribution is 5.35.